The molecule has 0 aliphatic carbocycles. The lowest BCUT2D eigenvalue weighted by atomic mass is 10.0. The van der Waals surface area contributed by atoms with Crippen molar-refractivity contribution in [2.24, 2.45) is 5.16 Å². The van der Waals surface area contributed by atoms with Gasteiger partial charge in [-0.15, -0.1) is 0 Å². The minimum atomic E-state index is -0.860. The SMILES string of the molecule is CC1CC(c2ccc3c(=O)n(-c4ccc(F)cc4)c(CCCCC(=O)O)nc3c2)=NO1. The molecule has 8 heteroatoms. The van der Waals surface area contributed by atoms with Crippen LogP contribution in [0.4, 0.5) is 4.39 Å². The average molecular weight is 423 g/mol. The van der Waals surface area contributed by atoms with Gasteiger partial charge in [0, 0.05) is 24.8 Å². The minimum absolute atomic E-state index is 0.00919. The number of carbonyl (C=O) groups is 1. The fourth-order valence-electron chi connectivity index (χ4n) is 3.67. The molecule has 0 saturated heterocycles. The number of hydrogen-bond donors (Lipinski definition) is 1. The smallest absolute Gasteiger partial charge is 0.303 e. The summed E-state index contributed by atoms with van der Waals surface area (Å²) in [5.41, 5.74) is 2.45. The Bertz CT molecular complexity index is 1220. The van der Waals surface area contributed by atoms with Gasteiger partial charge in [-0.05, 0) is 56.2 Å². The highest BCUT2D eigenvalue weighted by Gasteiger charge is 2.19. The third-order valence-electron chi connectivity index (χ3n) is 5.22. The second-order valence-corrected chi connectivity index (χ2v) is 7.64. The summed E-state index contributed by atoms with van der Waals surface area (Å²) in [6.45, 7) is 1.94. The Morgan fingerprint density at radius 3 is 2.68 bits per heavy atom. The van der Waals surface area contributed by atoms with Crippen LogP contribution < -0.4 is 5.56 Å². The average Bonchev–Trinajstić information content (AvgIpc) is 3.18. The Labute approximate surface area is 177 Å². The number of fused-ring (bicyclic) bond motifs is 1. The van der Waals surface area contributed by atoms with Gasteiger partial charge in [-0.2, -0.15) is 0 Å². The third-order valence-corrected chi connectivity index (χ3v) is 5.22. The summed E-state index contributed by atoms with van der Waals surface area (Å²) in [6, 6.07) is 11.0. The van der Waals surface area contributed by atoms with Crippen LogP contribution in [0.3, 0.4) is 0 Å². The number of aryl methyl sites for hydroxylation is 1. The Morgan fingerprint density at radius 1 is 1.23 bits per heavy atom. The summed E-state index contributed by atoms with van der Waals surface area (Å²) in [4.78, 5) is 34.2. The van der Waals surface area contributed by atoms with Crippen molar-refractivity contribution >= 4 is 22.6 Å². The van der Waals surface area contributed by atoms with Crippen LogP contribution in [0.25, 0.3) is 16.6 Å². The lowest BCUT2D eigenvalue weighted by Crippen LogP contribution is -2.24. The zero-order chi connectivity index (χ0) is 22.0. The Kier molecular flexibility index (Phi) is 5.79. The molecule has 4 rings (SSSR count). The van der Waals surface area contributed by atoms with Crippen molar-refractivity contribution in [2.45, 2.75) is 45.1 Å². The molecule has 1 aliphatic heterocycles. The molecule has 0 radical (unpaired) electrons. The van der Waals surface area contributed by atoms with E-state index >= 15 is 0 Å². The summed E-state index contributed by atoms with van der Waals surface area (Å²) in [5.74, 6) is -0.752. The van der Waals surface area contributed by atoms with E-state index in [1.807, 2.05) is 19.1 Å². The number of hydrogen-bond acceptors (Lipinski definition) is 5. The van der Waals surface area contributed by atoms with Crippen LogP contribution in [0.5, 0.6) is 0 Å². The van der Waals surface area contributed by atoms with Crippen LogP contribution in [0.2, 0.25) is 0 Å². The molecular formula is C23H22FN3O4. The normalized spacial score (nSPS) is 15.7. The lowest BCUT2D eigenvalue weighted by molar-refractivity contribution is -0.137. The highest BCUT2D eigenvalue weighted by Crippen LogP contribution is 2.21. The number of aromatic nitrogens is 2. The van der Waals surface area contributed by atoms with Gasteiger partial charge >= 0.3 is 5.97 Å². The molecule has 0 saturated carbocycles. The molecule has 1 aromatic heterocycles. The fourth-order valence-corrected chi connectivity index (χ4v) is 3.67. The number of unbranched alkanes of at least 4 members (excludes halogenated alkanes) is 1. The molecule has 7 nitrogen and oxygen atoms in total. The highest BCUT2D eigenvalue weighted by atomic mass is 19.1. The second kappa shape index (κ2) is 8.67. The van der Waals surface area contributed by atoms with E-state index in [-0.39, 0.29) is 18.1 Å². The molecule has 0 fully saturated rings. The number of nitrogens with zero attached hydrogens (tertiary/aromatic N) is 3. The summed E-state index contributed by atoms with van der Waals surface area (Å²) >= 11 is 0. The van der Waals surface area contributed by atoms with E-state index in [1.165, 1.54) is 28.8 Å². The van der Waals surface area contributed by atoms with E-state index in [2.05, 4.69) is 5.16 Å². The Morgan fingerprint density at radius 2 is 2.00 bits per heavy atom. The van der Waals surface area contributed by atoms with E-state index in [9.17, 15) is 14.0 Å². The number of oxime groups is 1. The maximum Gasteiger partial charge on any atom is 0.303 e. The van der Waals surface area contributed by atoms with E-state index < -0.39 is 11.8 Å². The molecule has 1 N–H and O–H groups in total. The third kappa shape index (κ3) is 4.47. The molecule has 160 valence electrons. The van der Waals surface area contributed by atoms with Crippen LogP contribution in [0.1, 0.15) is 44.0 Å². The summed E-state index contributed by atoms with van der Waals surface area (Å²) in [6.07, 6.45) is 2.19. The van der Waals surface area contributed by atoms with Gasteiger partial charge in [-0.25, -0.2) is 9.37 Å². The molecular weight excluding hydrogens is 401 g/mol. The van der Waals surface area contributed by atoms with Gasteiger partial charge < -0.3 is 9.94 Å². The van der Waals surface area contributed by atoms with Crippen LogP contribution in [0, 0.1) is 5.82 Å². The maximum absolute atomic E-state index is 13.4. The maximum atomic E-state index is 13.4. The molecule has 0 bridgehead atoms. The molecule has 2 aromatic carbocycles. The topological polar surface area (TPSA) is 93.8 Å². The number of rotatable bonds is 7. The van der Waals surface area contributed by atoms with Gasteiger partial charge in [0.15, 0.2) is 0 Å². The van der Waals surface area contributed by atoms with Crippen LogP contribution >= 0.6 is 0 Å². The first-order chi connectivity index (χ1) is 14.9. The molecule has 31 heavy (non-hydrogen) atoms. The first-order valence-electron chi connectivity index (χ1n) is 10.2. The lowest BCUT2D eigenvalue weighted by Gasteiger charge is -2.14. The molecule has 0 amide bonds. The predicted molar refractivity (Wildman–Crippen MR) is 114 cm³/mol. The van der Waals surface area contributed by atoms with Gasteiger partial charge in [-0.3, -0.25) is 14.2 Å². The van der Waals surface area contributed by atoms with Gasteiger partial charge in [0.1, 0.15) is 17.7 Å². The van der Waals surface area contributed by atoms with Gasteiger partial charge in [0.05, 0.1) is 22.3 Å². The number of benzene rings is 2. The van der Waals surface area contributed by atoms with Crippen molar-refractivity contribution in [1.82, 2.24) is 9.55 Å². The number of halogens is 1. The van der Waals surface area contributed by atoms with E-state index in [0.29, 0.717) is 48.1 Å². The van der Waals surface area contributed by atoms with Crippen LogP contribution in [-0.4, -0.2) is 32.4 Å². The fraction of sp³-hybridized carbons (Fsp3) is 0.304. The molecule has 1 unspecified atom stereocenters. The Hall–Kier alpha value is -3.55. The molecule has 3 aromatic rings. The van der Waals surface area contributed by atoms with Gasteiger partial charge in [0.25, 0.3) is 5.56 Å². The minimum Gasteiger partial charge on any atom is -0.481 e. The first kappa shape index (κ1) is 20.7. The van der Waals surface area contributed by atoms with Crippen molar-refractivity contribution in [3.05, 3.63) is 70.0 Å². The van der Waals surface area contributed by atoms with Crippen molar-refractivity contribution < 1.29 is 19.1 Å². The standard InChI is InChI=1S/C23H22FN3O4/c1-14-12-19(26-31-14)15-6-11-18-20(13-15)25-21(4-2-3-5-22(28)29)27(23(18)30)17-9-7-16(24)8-10-17/h6-11,13-14H,2-5,12H2,1H3,(H,28,29). The van der Waals surface area contributed by atoms with Crippen molar-refractivity contribution in [2.75, 3.05) is 0 Å². The number of aliphatic carboxylic acids is 1. The quantitative estimate of drug-likeness (QED) is 0.583. The van der Waals surface area contributed by atoms with Crippen molar-refractivity contribution in [3.8, 4) is 5.69 Å². The van der Waals surface area contributed by atoms with Crippen molar-refractivity contribution in [3.63, 3.8) is 0 Å². The summed E-state index contributed by atoms with van der Waals surface area (Å²) in [7, 11) is 0. The zero-order valence-corrected chi connectivity index (χ0v) is 17.0. The highest BCUT2D eigenvalue weighted by molar-refractivity contribution is 6.03. The number of carboxylic acid groups (broad SMARTS) is 1. The van der Waals surface area contributed by atoms with E-state index in [0.717, 1.165) is 11.3 Å². The zero-order valence-electron chi connectivity index (χ0n) is 17.0. The molecule has 1 atom stereocenters. The molecule has 1 aliphatic rings. The van der Waals surface area contributed by atoms with Gasteiger partial charge in [0.2, 0.25) is 0 Å². The monoisotopic (exact) mass is 423 g/mol. The largest absolute Gasteiger partial charge is 0.481 e. The van der Waals surface area contributed by atoms with E-state index in [4.69, 9.17) is 14.9 Å². The number of carboxylic acids is 1. The van der Waals surface area contributed by atoms with E-state index in [1.54, 1.807) is 6.07 Å². The molecule has 0 spiro atoms. The molecule has 2 heterocycles. The summed E-state index contributed by atoms with van der Waals surface area (Å²) < 4.78 is 14.9. The Balaban J connectivity index is 1.78. The second-order valence-electron chi connectivity index (χ2n) is 7.64. The van der Waals surface area contributed by atoms with Crippen molar-refractivity contribution in [1.29, 1.82) is 0 Å². The van der Waals surface area contributed by atoms with Crippen LogP contribution in [-0.2, 0) is 16.1 Å². The first-order valence-corrected chi connectivity index (χ1v) is 10.2. The van der Waals surface area contributed by atoms with Crippen LogP contribution in [0.15, 0.2) is 52.4 Å². The summed E-state index contributed by atoms with van der Waals surface area (Å²) in [5, 5.41) is 13.4. The predicted octanol–water partition coefficient (Wildman–Crippen LogP) is 3.84. The van der Waals surface area contributed by atoms with Gasteiger partial charge in [-0.1, -0.05) is 11.2 Å².